The Bertz CT molecular complexity index is 1470. The lowest BCUT2D eigenvalue weighted by molar-refractivity contribution is -0.126. The molecule has 2 aliphatic rings. The monoisotopic (exact) mass is 551 g/mol. The number of nitrogens with zero attached hydrogens (tertiary/aromatic N) is 3. The molecule has 0 spiro atoms. The fraction of sp³-hybridized carbons (Fsp3) is 0.276. The van der Waals surface area contributed by atoms with Crippen LogP contribution in [0.4, 0.5) is 5.69 Å². The van der Waals surface area contributed by atoms with E-state index in [9.17, 15) is 13.2 Å². The lowest BCUT2D eigenvalue weighted by Crippen LogP contribution is -2.48. The summed E-state index contributed by atoms with van der Waals surface area (Å²) < 4.78 is 34.3. The number of methoxy groups -OCH3 is 1. The van der Waals surface area contributed by atoms with Gasteiger partial charge in [0.2, 0.25) is 15.9 Å². The van der Waals surface area contributed by atoms with Crippen LogP contribution < -0.4 is 9.64 Å². The number of ether oxygens (including phenoxy) is 1. The second-order valence-electron chi connectivity index (χ2n) is 9.36. The van der Waals surface area contributed by atoms with Gasteiger partial charge in [0, 0.05) is 50.4 Å². The molecule has 9 heteroatoms. The number of fused-ring (bicyclic) bond motifs is 1. The number of benzene rings is 3. The topological polar surface area (TPSA) is 70.2 Å². The van der Waals surface area contributed by atoms with E-state index in [0.717, 1.165) is 11.1 Å². The van der Waals surface area contributed by atoms with Crippen molar-refractivity contribution in [1.29, 1.82) is 0 Å². The minimum Gasteiger partial charge on any atom is -0.495 e. The third-order valence-corrected chi connectivity index (χ3v) is 9.31. The van der Waals surface area contributed by atoms with Crippen molar-refractivity contribution in [2.45, 2.75) is 17.9 Å². The van der Waals surface area contributed by atoms with Crippen molar-refractivity contribution in [3.8, 4) is 5.75 Å². The predicted molar refractivity (Wildman–Crippen MR) is 150 cm³/mol. The van der Waals surface area contributed by atoms with Crippen LogP contribution in [0.2, 0.25) is 5.02 Å². The molecule has 198 valence electrons. The number of carbonyl (C=O) groups is 1. The highest BCUT2D eigenvalue weighted by Crippen LogP contribution is 2.34. The minimum absolute atomic E-state index is 0.0850. The number of carbonyl (C=O) groups excluding carboxylic acids is 1. The Morgan fingerprint density at radius 1 is 0.921 bits per heavy atom. The van der Waals surface area contributed by atoms with Gasteiger partial charge in [-0.15, -0.1) is 0 Å². The fourth-order valence-electron chi connectivity index (χ4n) is 4.95. The number of hydrogen-bond donors (Lipinski definition) is 0. The number of amides is 1. The van der Waals surface area contributed by atoms with E-state index in [-0.39, 0.29) is 10.8 Å². The van der Waals surface area contributed by atoms with Crippen LogP contribution in [0.3, 0.4) is 0 Å². The smallest absolute Gasteiger partial charge is 0.246 e. The molecule has 1 fully saturated rings. The van der Waals surface area contributed by atoms with Gasteiger partial charge in [0.25, 0.3) is 0 Å². The maximum atomic E-state index is 13.6. The van der Waals surface area contributed by atoms with Crippen molar-refractivity contribution in [3.05, 3.63) is 94.5 Å². The average molecular weight is 552 g/mol. The average Bonchev–Trinajstić information content (AvgIpc) is 2.96. The van der Waals surface area contributed by atoms with Gasteiger partial charge >= 0.3 is 0 Å². The van der Waals surface area contributed by atoms with Crippen molar-refractivity contribution in [1.82, 2.24) is 9.21 Å². The number of hydrogen-bond acceptors (Lipinski definition) is 5. The maximum Gasteiger partial charge on any atom is 0.246 e. The summed E-state index contributed by atoms with van der Waals surface area (Å²) in [6.07, 6.45) is 3.97. The van der Waals surface area contributed by atoms with Gasteiger partial charge in [-0.25, -0.2) is 8.42 Å². The standard InChI is InChI=1S/C29H30ClN3O4S/c1-37-28-12-11-25(38(35,36)33-15-14-22-6-2-3-8-24(22)21-33)20-27(28)31-16-18-32(19-17-31)29(34)13-10-23-7-4-5-9-26(23)30/h2-13,20H,14-19,21H2,1H3/b13-10+. The van der Waals surface area contributed by atoms with E-state index >= 15 is 0 Å². The molecule has 38 heavy (non-hydrogen) atoms. The minimum atomic E-state index is -3.69. The Morgan fingerprint density at radius 2 is 1.63 bits per heavy atom. The third-order valence-electron chi connectivity index (χ3n) is 7.13. The summed E-state index contributed by atoms with van der Waals surface area (Å²) in [5.41, 5.74) is 3.75. The van der Waals surface area contributed by atoms with Gasteiger partial charge in [-0.3, -0.25) is 4.79 Å². The SMILES string of the molecule is COc1ccc(S(=O)(=O)N2CCc3ccccc3C2)cc1N1CCN(C(=O)/C=C/c2ccccc2Cl)CC1. The van der Waals surface area contributed by atoms with Crippen LogP contribution in [0.1, 0.15) is 16.7 Å². The van der Waals surface area contributed by atoms with Crippen LogP contribution in [0.5, 0.6) is 5.75 Å². The number of anilines is 1. The summed E-state index contributed by atoms with van der Waals surface area (Å²) in [6, 6.07) is 20.4. The Kier molecular flexibility index (Phi) is 7.74. The molecular formula is C29H30ClN3O4S. The zero-order chi connectivity index (χ0) is 26.7. The molecule has 1 saturated heterocycles. The Labute approximate surface area is 228 Å². The summed E-state index contributed by atoms with van der Waals surface area (Å²) in [7, 11) is -2.11. The van der Waals surface area contributed by atoms with Gasteiger partial charge < -0.3 is 14.5 Å². The van der Waals surface area contributed by atoms with Gasteiger partial charge in [-0.05, 0) is 53.5 Å². The molecule has 2 aliphatic heterocycles. The predicted octanol–water partition coefficient (Wildman–Crippen LogP) is 4.46. The molecule has 0 radical (unpaired) electrons. The summed E-state index contributed by atoms with van der Waals surface area (Å²) in [6.45, 7) is 2.94. The largest absolute Gasteiger partial charge is 0.495 e. The van der Waals surface area contributed by atoms with Crippen LogP contribution in [0.25, 0.3) is 6.08 Å². The Morgan fingerprint density at radius 3 is 2.37 bits per heavy atom. The summed E-state index contributed by atoms with van der Waals surface area (Å²) in [5, 5.41) is 0.595. The highest BCUT2D eigenvalue weighted by atomic mass is 35.5. The van der Waals surface area contributed by atoms with Crippen LogP contribution in [-0.4, -0.2) is 63.4 Å². The molecule has 0 atom stereocenters. The van der Waals surface area contributed by atoms with E-state index < -0.39 is 10.0 Å². The molecule has 0 bridgehead atoms. The van der Waals surface area contributed by atoms with Crippen LogP contribution in [0.15, 0.2) is 77.7 Å². The number of piperazine rings is 1. The molecule has 7 nitrogen and oxygen atoms in total. The van der Waals surface area contributed by atoms with Gasteiger partial charge in [0.05, 0.1) is 17.7 Å². The summed E-state index contributed by atoms with van der Waals surface area (Å²) in [5.74, 6) is 0.518. The van der Waals surface area contributed by atoms with E-state index in [4.69, 9.17) is 16.3 Å². The molecule has 2 heterocycles. The van der Waals surface area contributed by atoms with Gasteiger partial charge in [-0.1, -0.05) is 54.1 Å². The second kappa shape index (κ2) is 11.2. The van der Waals surface area contributed by atoms with E-state index in [1.165, 1.54) is 5.56 Å². The molecule has 1 amide bonds. The first-order valence-corrected chi connectivity index (χ1v) is 14.4. The molecule has 0 N–H and O–H groups in total. The first-order valence-electron chi connectivity index (χ1n) is 12.6. The molecule has 3 aromatic carbocycles. The van der Waals surface area contributed by atoms with Crippen molar-refractivity contribution < 1.29 is 17.9 Å². The zero-order valence-corrected chi connectivity index (χ0v) is 22.8. The van der Waals surface area contributed by atoms with Crippen LogP contribution >= 0.6 is 11.6 Å². The first-order chi connectivity index (χ1) is 18.4. The van der Waals surface area contributed by atoms with Crippen molar-refractivity contribution in [2.24, 2.45) is 0 Å². The van der Waals surface area contributed by atoms with E-state index in [2.05, 4.69) is 11.0 Å². The maximum absolute atomic E-state index is 13.6. The van der Waals surface area contributed by atoms with Crippen molar-refractivity contribution in [2.75, 3.05) is 44.7 Å². The summed E-state index contributed by atoms with van der Waals surface area (Å²) >= 11 is 6.19. The van der Waals surface area contributed by atoms with Crippen molar-refractivity contribution in [3.63, 3.8) is 0 Å². The number of halogens is 1. The van der Waals surface area contributed by atoms with Crippen molar-refractivity contribution >= 4 is 39.3 Å². The summed E-state index contributed by atoms with van der Waals surface area (Å²) in [4.78, 5) is 16.9. The lowest BCUT2D eigenvalue weighted by atomic mass is 10.0. The quantitative estimate of drug-likeness (QED) is 0.423. The van der Waals surface area contributed by atoms with E-state index in [1.807, 2.05) is 36.4 Å². The van der Waals surface area contributed by atoms with E-state index in [1.54, 1.807) is 52.7 Å². The van der Waals surface area contributed by atoms with Gasteiger partial charge in [-0.2, -0.15) is 4.31 Å². The normalized spacial score (nSPS) is 16.5. The molecule has 0 aromatic heterocycles. The third kappa shape index (κ3) is 5.43. The zero-order valence-electron chi connectivity index (χ0n) is 21.2. The number of sulfonamides is 1. The van der Waals surface area contributed by atoms with Gasteiger partial charge in [0.1, 0.15) is 5.75 Å². The molecule has 0 saturated carbocycles. The molecule has 3 aromatic rings. The van der Waals surface area contributed by atoms with E-state index in [0.29, 0.717) is 62.1 Å². The number of rotatable bonds is 6. The van der Waals surface area contributed by atoms with Crippen LogP contribution in [-0.2, 0) is 27.8 Å². The molecule has 0 aliphatic carbocycles. The second-order valence-corrected chi connectivity index (χ2v) is 11.7. The molecular weight excluding hydrogens is 522 g/mol. The van der Waals surface area contributed by atoms with Crippen LogP contribution in [0, 0.1) is 0 Å². The highest BCUT2D eigenvalue weighted by molar-refractivity contribution is 7.89. The Balaban J connectivity index is 1.29. The van der Waals surface area contributed by atoms with Gasteiger partial charge in [0.15, 0.2) is 0 Å². The molecule has 0 unspecified atom stereocenters. The fourth-order valence-corrected chi connectivity index (χ4v) is 6.58. The lowest BCUT2D eigenvalue weighted by Gasteiger charge is -2.36. The first kappa shape index (κ1) is 26.3. The Hall–Kier alpha value is -3.33. The highest BCUT2D eigenvalue weighted by Gasteiger charge is 2.30. The molecule has 5 rings (SSSR count).